The monoisotopic (exact) mass is 370 g/mol. The quantitative estimate of drug-likeness (QED) is 0.866. The molecule has 4 bridgehead atoms. The Morgan fingerprint density at radius 2 is 1.93 bits per heavy atom. The molecule has 4 fully saturated rings. The van der Waals surface area contributed by atoms with Gasteiger partial charge in [0.05, 0.1) is 11.9 Å². The summed E-state index contributed by atoms with van der Waals surface area (Å²) in [5, 5.41) is 11.8. The van der Waals surface area contributed by atoms with Crippen LogP contribution in [0.5, 0.6) is 0 Å². The maximum Gasteiger partial charge on any atom is 0.264 e. The maximum atomic E-state index is 12.7. The van der Waals surface area contributed by atoms with Crippen LogP contribution < -0.4 is 5.32 Å². The Morgan fingerprint density at radius 1 is 1.26 bits per heavy atom. The number of hydrogen-bond acceptors (Lipinski definition) is 4. The summed E-state index contributed by atoms with van der Waals surface area (Å²) in [4.78, 5) is 18.2. The van der Waals surface area contributed by atoms with Gasteiger partial charge in [0.1, 0.15) is 0 Å². The number of nitrogens with zero attached hydrogens (tertiary/aromatic N) is 3. The molecule has 4 saturated carbocycles. The molecule has 1 unspecified atom stereocenters. The van der Waals surface area contributed by atoms with E-state index in [9.17, 15) is 4.79 Å². The van der Waals surface area contributed by atoms with Gasteiger partial charge in [-0.25, -0.2) is 0 Å². The average Bonchev–Trinajstić information content (AvgIpc) is 3.25. The maximum absolute atomic E-state index is 12.7. The van der Waals surface area contributed by atoms with Gasteiger partial charge in [0, 0.05) is 30.8 Å². The third-order valence-electron chi connectivity index (χ3n) is 7.48. The van der Waals surface area contributed by atoms with E-state index < -0.39 is 6.10 Å². The van der Waals surface area contributed by atoms with Crippen LogP contribution in [0.25, 0.3) is 0 Å². The minimum Gasteiger partial charge on any atom is -0.382 e. The number of amides is 1. The van der Waals surface area contributed by atoms with Crippen molar-refractivity contribution in [3.63, 3.8) is 0 Å². The van der Waals surface area contributed by atoms with E-state index in [2.05, 4.69) is 22.5 Å². The van der Waals surface area contributed by atoms with E-state index in [0.717, 1.165) is 47.8 Å². The van der Waals surface area contributed by atoms with Crippen molar-refractivity contribution in [2.45, 2.75) is 71.4 Å². The summed E-state index contributed by atoms with van der Waals surface area (Å²) in [7, 11) is 0. The summed E-state index contributed by atoms with van der Waals surface area (Å²) in [6.45, 7) is 5.75. The van der Waals surface area contributed by atoms with Crippen molar-refractivity contribution in [2.24, 2.45) is 28.3 Å². The van der Waals surface area contributed by atoms with Crippen molar-refractivity contribution in [3.05, 3.63) is 17.5 Å². The Hall–Kier alpha value is -1.85. The molecule has 146 valence electrons. The van der Waals surface area contributed by atoms with Gasteiger partial charge in [-0.1, -0.05) is 5.16 Å². The first kappa shape index (κ1) is 17.3. The molecular weight excluding hydrogens is 340 g/mol. The molecule has 1 N–H and O–H groups in total. The van der Waals surface area contributed by atoms with Gasteiger partial charge in [-0.15, -0.1) is 0 Å². The van der Waals surface area contributed by atoms with Crippen LogP contribution in [0, 0.1) is 30.1 Å². The summed E-state index contributed by atoms with van der Waals surface area (Å²) in [6.07, 6.45) is 10.1. The van der Waals surface area contributed by atoms with Crippen molar-refractivity contribution < 1.29 is 9.63 Å². The number of oxime groups is 1. The van der Waals surface area contributed by atoms with E-state index in [1.807, 2.05) is 17.8 Å². The second-order valence-corrected chi connectivity index (χ2v) is 9.43. The van der Waals surface area contributed by atoms with Gasteiger partial charge in [-0.3, -0.25) is 9.48 Å². The third-order valence-corrected chi connectivity index (χ3v) is 7.48. The van der Waals surface area contributed by atoms with E-state index in [0.29, 0.717) is 11.8 Å². The predicted molar refractivity (Wildman–Crippen MR) is 102 cm³/mol. The largest absolute Gasteiger partial charge is 0.382 e. The molecule has 27 heavy (non-hydrogen) atoms. The number of rotatable bonds is 5. The summed E-state index contributed by atoms with van der Waals surface area (Å²) in [6, 6.07) is 0. The zero-order valence-corrected chi connectivity index (χ0v) is 16.4. The highest BCUT2D eigenvalue weighted by Crippen LogP contribution is 2.59. The molecule has 6 rings (SSSR count). The molecule has 5 aliphatic rings. The molecular formula is C21H30N4O2. The van der Waals surface area contributed by atoms with Crippen LogP contribution in [0.1, 0.15) is 63.1 Å². The first-order valence-corrected chi connectivity index (χ1v) is 10.6. The van der Waals surface area contributed by atoms with E-state index in [1.54, 1.807) is 0 Å². The Kier molecular flexibility index (Phi) is 4.06. The standard InChI is InChI=1S/C21H30N4O2/c1-3-25-13(2)17(11-23-25)18-7-19(27-24-18)20(26)22-12-21-8-14-4-15(9-21)6-16(5-14)10-21/h11,14-16,19H,3-10,12H2,1-2H3,(H,22,26). The van der Waals surface area contributed by atoms with Crippen LogP contribution in [0.2, 0.25) is 0 Å². The summed E-state index contributed by atoms with van der Waals surface area (Å²) in [5.74, 6) is 2.71. The van der Waals surface area contributed by atoms with Gasteiger partial charge in [0.25, 0.3) is 5.91 Å². The van der Waals surface area contributed by atoms with Crippen LogP contribution in [0.15, 0.2) is 11.4 Å². The van der Waals surface area contributed by atoms with Crippen LogP contribution in [-0.2, 0) is 16.2 Å². The number of aromatic nitrogens is 2. The molecule has 0 spiro atoms. The number of hydrogen-bond donors (Lipinski definition) is 1. The highest BCUT2D eigenvalue weighted by Gasteiger charge is 2.51. The highest BCUT2D eigenvalue weighted by atomic mass is 16.6. The normalized spacial score (nSPS) is 36.6. The lowest BCUT2D eigenvalue weighted by molar-refractivity contribution is -0.133. The summed E-state index contributed by atoms with van der Waals surface area (Å²) >= 11 is 0. The lowest BCUT2D eigenvalue weighted by Crippen LogP contribution is -2.52. The van der Waals surface area contributed by atoms with Gasteiger partial charge in [0.15, 0.2) is 0 Å². The lowest BCUT2D eigenvalue weighted by Gasteiger charge is -2.56. The lowest BCUT2D eigenvalue weighted by atomic mass is 9.49. The minimum atomic E-state index is -0.502. The first-order valence-electron chi connectivity index (χ1n) is 10.6. The van der Waals surface area contributed by atoms with Crippen molar-refractivity contribution in [3.8, 4) is 0 Å². The van der Waals surface area contributed by atoms with Crippen LogP contribution in [-0.4, -0.2) is 34.0 Å². The average molecular weight is 370 g/mol. The predicted octanol–water partition coefficient (Wildman–Crippen LogP) is 3.04. The molecule has 1 aliphatic heterocycles. The molecule has 6 heteroatoms. The number of carbonyl (C=O) groups is 1. The smallest absolute Gasteiger partial charge is 0.264 e. The fourth-order valence-electron chi connectivity index (χ4n) is 6.62. The fourth-order valence-corrected chi connectivity index (χ4v) is 6.62. The zero-order valence-electron chi connectivity index (χ0n) is 16.4. The van der Waals surface area contributed by atoms with E-state index in [1.165, 1.54) is 38.5 Å². The van der Waals surface area contributed by atoms with Gasteiger partial charge in [0.2, 0.25) is 6.10 Å². The number of carbonyl (C=O) groups excluding carboxylic acids is 1. The van der Waals surface area contributed by atoms with Gasteiger partial charge < -0.3 is 10.2 Å². The molecule has 1 aromatic heterocycles. The van der Waals surface area contributed by atoms with E-state index in [-0.39, 0.29) is 5.91 Å². The molecule has 1 amide bonds. The second kappa shape index (κ2) is 6.35. The molecule has 1 atom stereocenters. The zero-order chi connectivity index (χ0) is 18.6. The third kappa shape index (κ3) is 2.97. The van der Waals surface area contributed by atoms with Gasteiger partial charge >= 0.3 is 0 Å². The van der Waals surface area contributed by atoms with Crippen LogP contribution in [0.3, 0.4) is 0 Å². The number of nitrogens with one attached hydrogen (secondary N) is 1. The summed E-state index contributed by atoms with van der Waals surface area (Å²) < 4.78 is 1.94. The fraction of sp³-hybridized carbons (Fsp3) is 0.762. The SMILES string of the molecule is CCn1ncc(C2=NOC(C(=O)NCC34CC5CC(CC(C5)C3)C4)C2)c1C. The van der Waals surface area contributed by atoms with Gasteiger partial charge in [-0.2, -0.15) is 5.10 Å². The first-order chi connectivity index (χ1) is 13.0. The molecule has 0 radical (unpaired) electrons. The molecule has 0 saturated heterocycles. The van der Waals surface area contributed by atoms with Crippen LogP contribution in [0.4, 0.5) is 0 Å². The van der Waals surface area contributed by atoms with Crippen molar-refractivity contribution >= 4 is 11.6 Å². The van der Waals surface area contributed by atoms with Crippen LogP contribution >= 0.6 is 0 Å². The molecule has 4 aliphatic carbocycles. The highest BCUT2D eigenvalue weighted by molar-refractivity contribution is 6.04. The van der Waals surface area contributed by atoms with E-state index >= 15 is 0 Å². The van der Waals surface area contributed by atoms with Gasteiger partial charge in [-0.05, 0) is 75.5 Å². The molecule has 1 aromatic rings. The Bertz CT molecular complexity index is 746. The van der Waals surface area contributed by atoms with Crippen molar-refractivity contribution in [2.75, 3.05) is 6.54 Å². The van der Waals surface area contributed by atoms with Crippen molar-refractivity contribution in [1.29, 1.82) is 0 Å². The minimum absolute atomic E-state index is 0.00923. The summed E-state index contributed by atoms with van der Waals surface area (Å²) in [5.41, 5.74) is 3.26. The van der Waals surface area contributed by atoms with E-state index in [4.69, 9.17) is 4.84 Å². The second-order valence-electron chi connectivity index (χ2n) is 9.43. The number of aryl methyl sites for hydroxylation is 1. The Balaban J connectivity index is 1.19. The molecule has 6 nitrogen and oxygen atoms in total. The van der Waals surface area contributed by atoms with Crippen molar-refractivity contribution in [1.82, 2.24) is 15.1 Å². The topological polar surface area (TPSA) is 68.5 Å². The Morgan fingerprint density at radius 3 is 2.52 bits per heavy atom. The Labute approximate surface area is 160 Å². The molecule has 0 aromatic carbocycles. The molecule has 2 heterocycles.